The van der Waals surface area contributed by atoms with Gasteiger partial charge in [-0.2, -0.15) is 0 Å². The van der Waals surface area contributed by atoms with E-state index >= 15 is 0 Å². The molecule has 1 aliphatic heterocycles. The fraction of sp³-hybridized carbons (Fsp3) is 0.381. The average molecular weight is 337 g/mol. The van der Waals surface area contributed by atoms with Crippen LogP contribution in [0.2, 0.25) is 0 Å². The van der Waals surface area contributed by atoms with Gasteiger partial charge < -0.3 is 9.80 Å². The second-order valence-electron chi connectivity index (χ2n) is 6.94. The second kappa shape index (κ2) is 7.70. The maximum Gasteiger partial charge on any atom is 0.253 e. The van der Waals surface area contributed by atoms with Crippen molar-refractivity contribution in [2.75, 3.05) is 45.2 Å². The average Bonchev–Trinajstić information content (AvgIpc) is 2.64. The Bertz CT molecular complexity index is 716. The van der Waals surface area contributed by atoms with Crippen molar-refractivity contribution in [3.63, 3.8) is 0 Å². The van der Waals surface area contributed by atoms with Gasteiger partial charge in [0.25, 0.3) is 5.91 Å². The van der Waals surface area contributed by atoms with Crippen LogP contribution in [-0.4, -0.2) is 56.0 Å². The topological polar surface area (TPSA) is 26.8 Å². The van der Waals surface area contributed by atoms with Gasteiger partial charge in [0.2, 0.25) is 0 Å². The molecule has 0 bridgehead atoms. The lowest BCUT2D eigenvalue weighted by molar-refractivity contribution is 0.0628. The summed E-state index contributed by atoms with van der Waals surface area (Å²) in [5.74, 6) is 0.140. The molecule has 0 aliphatic carbocycles. The molecule has 0 saturated carbocycles. The molecule has 1 amide bonds. The van der Waals surface area contributed by atoms with Gasteiger partial charge >= 0.3 is 0 Å². The number of hydrogen-bond acceptors (Lipinski definition) is 3. The third kappa shape index (κ3) is 4.20. The van der Waals surface area contributed by atoms with Gasteiger partial charge in [-0.3, -0.25) is 9.69 Å². The normalized spacial score (nSPS) is 15.2. The van der Waals surface area contributed by atoms with Gasteiger partial charge in [0.05, 0.1) is 0 Å². The fourth-order valence-corrected chi connectivity index (χ4v) is 3.22. The number of carbonyl (C=O) groups is 1. The van der Waals surface area contributed by atoms with Crippen LogP contribution in [-0.2, 0) is 6.54 Å². The Morgan fingerprint density at radius 1 is 0.960 bits per heavy atom. The van der Waals surface area contributed by atoms with Crippen molar-refractivity contribution in [1.29, 1.82) is 0 Å². The minimum atomic E-state index is 0.140. The number of anilines is 1. The number of carbonyl (C=O) groups excluding carboxylic acids is 1. The summed E-state index contributed by atoms with van der Waals surface area (Å²) >= 11 is 0. The van der Waals surface area contributed by atoms with Crippen molar-refractivity contribution in [2.24, 2.45) is 0 Å². The Morgan fingerprint density at radius 3 is 2.20 bits per heavy atom. The van der Waals surface area contributed by atoms with E-state index in [1.54, 1.807) is 0 Å². The van der Waals surface area contributed by atoms with Crippen LogP contribution in [0.1, 0.15) is 21.5 Å². The maximum atomic E-state index is 12.7. The summed E-state index contributed by atoms with van der Waals surface area (Å²) in [6, 6.07) is 16.4. The fourth-order valence-electron chi connectivity index (χ4n) is 3.22. The largest absolute Gasteiger partial charge is 0.378 e. The quantitative estimate of drug-likeness (QED) is 0.858. The highest BCUT2D eigenvalue weighted by atomic mass is 16.2. The van der Waals surface area contributed by atoms with E-state index in [2.05, 4.69) is 36.1 Å². The van der Waals surface area contributed by atoms with Gasteiger partial charge in [0, 0.05) is 58.1 Å². The lowest BCUT2D eigenvalue weighted by atomic mass is 10.1. The van der Waals surface area contributed by atoms with E-state index in [0.717, 1.165) is 44.0 Å². The highest BCUT2D eigenvalue weighted by Gasteiger charge is 2.22. The molecule has 1 heterocycles. The number of amides is 1. The van der Waals surface area contributed by atoms with Gasteiger partial charge in [-0.1, -0.05) is 24.3 Å². The molecule has 0 N–H and O–H groups in total. The molecule has 0 aromatic heterocycles. The first kappa shape index (κ1) is 17.5. The van der Waals surface area contributed by atoms with Gasteiger partial charge in [-0.05, 0) is 42.3 Å². The lowest BCUT2D eigenvalue weighted by Gasteiger charge is -2.35. The Labute approximate surface area is 150 Å². The van der Waals surface area contributed by atoms with E-state index in [0.29, 0.717) is 0 Å². The molecule has 132 valence electrons. The van der Waals surface area contributed by atoms with Crippen molar-refractivity contribution in [3.05, 3.63) is 65.2 Å². The molecular weight excluding hydrogens is 310 g/mol. The predicted octanol–water partition coefficient (Wildman–Crippen LogP) is 3.02. The Morgan fingerprint density at radius 2 is 1.60 bits per heavy atom. The van der Waals surface area contributed by atoms with E-state index in [1.165, 1.54) is 11.1 Å². The summed E-state index contributed by atoms with van der Waals surface area (Å²) in [5.41, 5.74) is 4.60. The van der Waals surface area contributed by atoms with Crippen LogP contribution < -0.4 is 4.90 Å². The Kier molecular flexibility index (Phi) is 5.39. The van der Waals surface area contributed by atoms with E-state index in [4.69, 9.17) is 0 Å². The third-order valence-corrected chi connectivity index (χ3v) is 4.95. The van der Waals surface area contributed by atoms with Gasteiger partial charge in [0.1, 0.15) is 0 Å². The molecule has 0 radical (unpaired) electrons. The summed E-state index contributed by atoms with van der Waals surface area (Å²) < 4.78 is 0. The van der Waals surface area contributed by atoms with E-state index in [9.17, 15) is 4.79 Å². The first-order valence-corrected chi connectivity index (χ1v) is 8.88. The molecule has 1 fully saturated rings. The van der Waals surface area contributed by atoms with Crippen molar-refractivity contribution >= 4 is 11.6 Å². The molecule has 1 aliphatic rings. The second-order valence-corrected chi connectivity index (χ2v) is 6.94. The van der Waals surface area contributed by atoms with Crippen molar-refractivity contribution in [1.82, 2.24) is 9.80 Å². The SMILES string of the molecule is Cc1ccccc1CN1CCN(C(=O)c2ccc(N(C)C)cc2)CC1. The van der Waals surface area contributed by atoms with E-state index in [1.807, 2.05) is 48.2 Å². The molecule has 2 aromatic rings. The first-order chi connectivity index (χ1) is 12.0. The molecular formula is C21H27N3O. The van der Waals surface area contributed by atoms with E-state index < -0.39 is 0 Å². The molecule has 1 saturated heterocycles. The zero-order valence-corrected chi connectivity index (χ0v) is 15.4. The summed E-state index contributed by atoms with van der Waals surface area (Å²) in [7, 11) is 4.01. The Balaban J connectivity index is 1.56. The standard InChI is InChI=1S/C21H27N3O/c1-17-6-4-5-7-19(17)16-23-12-14-24(15-13-23)21(25)18-8-10-20(11-9-18)22(2)3/h4-11H,12-16H2,1-3H3. The van der Waals surface area contributed by atoms with E-state index in [-0.39, 0.29) is 5.91 Å². The monoisotopic (exact) mass is 337 g/mol. The van der Waals surface area contributed by atoms with Crippen molar-refractivity contribution < 1.29 is 4.79 Å². The van der Waals surface area contributed by atoms with Crippen LogP contribution >= 0.6 is 0 Å². The van der Waals surface area contributed by atoms with Crippen LogP contribution in [0.25, 0.3) is 0 Å². The molecule has 4 nitrogen and oxygen atoms in total. The van der Waals surface area contributed by atoms with Crippen LogP contribution in [0, 0.1) is 6.92 Å². The summed E-state index contributed by atoms with van der Waals surface area (Å²) in [5, 5.41) is 0. The number of hydrogen-bond donors (Lipinski definition) is 0. The van der Waals surface area contributed by atoms with Gasteiger partial charge in [0.15, 0.2) is 0 Å². The third-order valence-electron chi connectivity index (χ3n) is 4.95. The van der Waals surface area contributed by atoms with Crippen molar-refractivity contribution in [3.8, 4) is 0 Å². The van der Waals surface area contributed by atoms with Gasteiger partial charge in [-0.15, -0.1) is 0 Å². The van der Waals surface area contributed by atoms with Crippen molar-refractivity contribution in [2.45, 2.75) is 13.5 Å². The zero-order chi connectivity index (χ0) is 17.8. The van der Waals surface area contributed by atoms with Crippen LogP contribution in [0.15, 0.2) is 48.5 Å². The van der Waals surface area contributed by atoms with Crippen LogP contribution in [0.5, 0.6) is 0 Å². The molecule has 25 heavy (non-hydrogen) atoms. The Hall–Kier alpha value is -2.33. The lowest BCUT2D eigenvalue weighted by Crippen LogP contribution is -2.48. The van der Waals surface area contributed by atoms with Crippen LogP contribution in [0.3, 0.4) is 0 Å². The number of aryl methyl sites for hydroxylation is 1. The summed E-state index contributed by atoms with van der Waals surface area (Å²) in [4.78, 5) is 19.1. The zero-order valence-electron chi connectivity index (χ0n) is 15.4. The molecule has 0 atom stereocenters. The number of benzene rings is 2. The summed E-state index contributed by atoms with van der Waals surface area (Å²) in [6.07, 6.45) is 0. The summed E-state index contributed by atoms with van der Waals surface area (Å²) in [6.45, 7) is 6.56. The van der Waals surface area contributed by atoms with Gasteiger partial charge in [-0.25, -0.2) is 0 Å². The first-order valence-electron chi connectivity index (χ1n) is 8.88. The number of piperazine rings is 1. The molecule has 4 heteroatoms. The van der Waals surface area contributed by atoms with Crippen LogP contribution in [0.4, 0.5) is 5.69 Å². The minimum absolute atomic E-state index is 0.140. The smallest absolute Gasteiger partial charge is 0.253 e. The number of nitrogens with zero attached hydrogens (tertiary/aromatic N) is 3. The highest BCUT2D eigenvalue weighted by Crippen LogP contribution is 2.16. The minimum Gasteiger partial charge on any atom is -0.378 e. The number of rotatable bonds is 4. The molecule has 2 aromatic carbocycles. The molecule has 0 spiro atoms. The predicted molar refractivity (Wildman–Crippen MR) is 103 cm³/mol. The molecule has 3 rings (SSSR count). The highest BCUT2D eigenvalue weighted by molar-refractivity contribution is 5.94. The maximum absolute atomic E-state index is 12.7. The molecule has 0 unspecified atom stereocenters.